The second-order valence-electron chi connectivity index (χ2n) is 7.38. The number of hydrogen-bond donors (Lipinski definition) is 3. The van der Waals surface area contributed by atoms with Crippen LogP contribution in [0.4, 0.5) is 10.5 Å². The SMILES string of the molecule is CC1CCCCC1OCCNC(=O)c1ccc(NC(=O)NC2CC2)cc1. The van der Waals surface area contributed by atoms with Gasteiger partial charge in [-0.05, 0) is 55.9 Å². The molecule has 2 saturated carbocycles. The van der Waals surface area contributed by atoms with Crippen LogP contribution in [0.2, 0.25) is 0 Å². The van der Waals surface area contributed by atoms with Crippen LogP contribution in [0.1, 0.15) is 55.8 Å². The van der Waals surface area contributed by atoms with E-state index in [1.165, 1.54) is 19.3 Å². The Balaban J connectivity index is 1.36. The Bertz CT molecular complexity index is 613. The van der Waals surface area contributed by atoms with Crippen LogP contribution < -0.4 is 16.0 Å². The van der Waals surface area contributed by atoms with E-state index in [0.29, 0.717) is 42.5 Å². The fourth-order valence-corrected chi connectivity index (χ4v) is 3.29. The van der Waals surface area contributed by atoms with E-state index in [0.717, 1.165) is 19.3 Å². The van der Waals surface area contributed by atoms with E-state index in [1.807, 2.05) is 0 Å². The van der Waals surface area contributed by atoms with Gasteiger partial charge in [0.05, 0.1) is 12.7 Å². The fraction of sp³-hybridized carbons (Fsp3) is 0.600. The number of amides is 3. The van der Waals surface area contributed by atoms with Crippen LogP contribution in [0.15, 0.2) is 24.3 Å². The Labute approximate surface area is 155 Å². The van der Waals surface area contributed by atoms with Crippen molar-refractivity contribution in [3.63, 3.8) is 0 Å². The summed E-state index contributed by atoms with van der Waals surface area (Å²) in [5.74, 6) is 0.482. The summed E-state index contributed by atoms with van der Waals surface area (Å²) in [6, 6.07) is 7.03. The number of anilines is 1. The quantitative estimate of drug-likeness (QED) is 0.654. The highest BCUT2D eigenvalue weighted by Crippen LogP contribution is 2.26. The first-order valence-corrected chi connectivity index (χ1v) is 9.69. The van der Waals surface area contributed by atoms with Gasteiger partial charge in [0.15, 0.2) is 0 Å². The Morgan fingerprint density at radius 1 is 1.08 bits per heavy atom. The van der Waals surface area contributed by atoms with Crippen LogP contribution in [0.5, 0.6) is 0 Å². The summed E-state index contributed by atoms with van der Waals surface area (Å²) in [5, 5.41) is 8.52. The zero-order valence-corrected chi connectivity index (χ0v) is 15.4. The maximum Gasteiger partial charge on any atom is 0.319 e. The molecule has 0 aliphatic heterocycles. The number of nitrogens with one attached hydrogen (secondary N) is 3. The van der Waals surface area contributed by atoms with Gasteiger partial charge in [0.2, 0.25) is 0 Å². The largest absolute Gasteiger partial charge is 0.376 e. The molecule has 3 N–H and O–H groups in total. The van der Waals surface area contributed by atoms with Crippen molar-refractivity contribution in [1.29, 1.82) is 0 Å². The average molecular weight is 359 g/mol. The van der Waals surface area contributed by atoms with Gasteiger partial charge >= 0.3 is 6.03 Å². The third-order valence-electron chi connectivity index (χ3n) is 5.07. The molecule has 6 nitrogen and oxygen atoms in total. The van der Waals surface area contributed by atoms with E-state index >= 15 is 0 Å². The molecule has 0 heterocycles. The second kappa shape index (κ2) is 9.03. The maximum atomic E-state index is 12.2. The first-order valence-electron chi connectivity index (χ1n) is 9.69. The number of urea groups is 1. The third kappa shape index (κ3) is 5.73. The lowest BCUT2D eigenvalue weighted by molar-refractivity contribution is -0.00293. The van der Waals surface area contributed by atoms with Gasteiger partial charge in [0.25, 0.3) is 5.91 Å². The zero-order valence-electron chi connectivity index (χ0n) is 15.4. The molecule has 2 unspecified atom stereocenters. The molecule has 1 aromatic carbocycles. The van der Waals surface area contributed by atoms with Crippen molar-refractivity contribution in [2.75, 3.05) is 18.5 Å². The van der Waals surface area contributed by atoms with E-state index in [9.17, 15) is 9.59 Å². The van der Waals surface area contributed by atoms with Crippen molar-refractivity contribution in [3.05, 3.63) is 29.8 Å². The Morgan fingerprint density at radius 3 is 2.50 bits per heavy atom. The Morgan fingerprint density at radius 2 is 1.81 bits per heavy atom. The van der Waals surface area contributed by atoms with Crippen molar-refractivity contribution in [3.8, 4) is 0 Å². The zero-order chi connectivity index (χ0) is 18.4. The van der Waals surface area contributed by atoms with Crippen LogP contribution in [0.25, 0.3) is 0 Å². The minimum Gasteiger partial charge on any atom is -0.376 e. The van der Waals surface area contributed by atoms with Crippen molar-refractivity contribution < 1.29 is 14.3 Å². The fourth-order valence-electron chi connectivity index (χ4n) is 3.29. The number of ether oxygens (including phenoxy) is 1. The smallest absolute Gasteiger partial charge is 0.319 e. The molecule has 0 bridgehead atoms. The standard InChI is InChI=1S/C20H29N3O3/c1-14-4-2-3-5-18(14)26-13-12-21-19(24)15-6-8-16(9-7-15)22-20(25)23-17-10-11-17/h6-9,14,17-18H,2-5,10-13H2,1H3,(H,21,24)(H2,22,23,25). The number of carbonyl (C=O) groups is 2. The van der Waals surface area contributed by atoms with Gasteiger partial charge in [0.1, 0.15) is 0 Å². The molecule has 0 spiro atoms. The normalized spacial score (nSPS) is 22.5. The summed E-state index contributed by atoms with van der Waals surface area (Å²) in [6.07, 6.45) is 7.32. The molecular weight excluding hydrogens is 330 g/mol. The molecule has 0 aromatic heterocycles. The molecule has 3 amide bonds. The highest BCUT2D eigenvalue weighted by molar-refractivity contribution is 5.95. The summed E-state index contributed by atoms with van der Waals surface area (Å²) in [5.41, 5.74) is 1.25. The monoisotopic (exact) mass is 359 g/mol. The number of benzene rings is 1. The van der Waals surface area contributed by atoms with Crippen molar-refractivity contribution in [2.45, 2.75) is 57.6 Å². The molecule has 6 heteroatoms. The lowest BCUT2D eigenvalue weighted by atomic mass is 9.88. The topological polar surface area (TPSA) is 79.5 Å². The van der Waals surface area contributed by atoms with Crippen molar-refractivity contribution >= 4 is 17.6 Å². The summed E-state index contributed by atoms with van der Waals surface area (Å²) < 4.78 is 5.91. The minimum absolute atomic E-state index is 0.126. The number of carbonyl (C=O) groups excluding carboxylic acids is 2. The molecule has 2 aliphatic rings. The van der Waals surface area contributed by atoms with E-state index in [1.54, 1.807) is 24.3 Å². The van der Waals surface area contributed by atoms with Crippen LogP contribution in [-0.4, -0.2) is 37.2 Å². The lowest BCUT2D eigenvalue weighted by Crippen LogP contribution is -2.32. The van der Waals surface area contributed by atoms with Gasteiger partial charge in [-0.15, -0.1) is 0 Å². The van der Waals surface area contributed by atoms with Crippen LogP contribution in [0.3, 0.4) is 0 Å². The number of rotatable bonds is 7. The number of hydrogen-bond acceptors (Lipinski definition) is 3. The third-order valence-corrected chi connectivity index (χ3v) is 5.07. The van der Waals surface area contributed by atoms with Gasteiger partial charge in [-0.1, -0.05) is 19.8 Å². The molecule has 1 aromatic rings. The molecule has 2 aliphatic carbocycles. The first kappa shape index (κ1) is 18.7. The Hall–Kier alpha value is -2.08. The average Bonchev–Trinajstić information content (AvgIpc) is 3.44. The molecule has 142 valence electrons. The van der Waals surface area contributed by atoms with Crippen molar-refractivity contribution in [2.24, 2.45) is 5.92 Å². The van der Waals surface area contributed by atoms with E-state index < -0.39 is 0 Å². The minimum atomic E-state index is -0.196. The van der Waals surface area contributed by atoms with Gasteiger partial charge in [-0.2, -0.15) is 0 Å². The van der Waals surface area contributed by atoms with E-state index in [4.69, 9.17) is 4.74 Å². The summed E-state index contributed by atoms with van der Waals surface area (Å²) in [7, 11) is 0. The van der Waals surface area contributed by atoms with E-state index in [2.05, 4.69) is 22.9 Å². The molecule has 2 fully saturated rings. The van der Waals surface area contributed by atoms with Gasteiger partial charge in [-0.25, -0.2) is 4.79 Å². The summed E-state index contributed by atoms with van der Waals surface area (Å²) in [6.45, 7) is 3.29. The molecule has 0 radical (unpaired) electrons. The molecule has 2 atom stereocenters. The van der Waals surface area contributed by atoms with Crippen LogP contribution >= 0.6 is 0 Å². The summed E-state index contributed by atoms with van der Waals surface area (Å²) in [4.78, 5) is 23.9. The second-order valence-corrected chi connectivity index (χ2v) is 7.38. The van der Waals surface area contributed by atoms with Crippen molar-refractivity contribution in [1.82, 2.24) is 10.6 Å². The first-order chi connectivity index (χ1) is 12.6. The van der Waals surface area contributed by atoms with Crippen LogP contribution in [0, 0.1) is 5.92 Å². The lowest BCUT2D eigenvalue weighted by Gasteiger charge is -2.28. The predicted octanol–water partition coefficient (Wildman–Crippen LogP) is 3.30. The van der Waals surface area contributed by atoms with E-state index in [-0.39, 0.29) is 11.9 Å². The molecular formula is C20H29N3O3. The Kier molecular flexibility index (Phi) is 6.50. The molecule has 0 saturated heterocycles. The molecule has 3 rings (SSSR count). The van der Waals surface area contributed by atoms with Gasteiger partial charge in [-0.3, -0.25) is 4.79 Å². The highest BCUT2D eigenvalue weighted by atomic mass is 16.5. The van der Waals surface area contributed by atoms with Gasteiger partial charge < -0.3 is 20.7 Å². The van der Waals surface area contributed by atoms with Crippen LogP contribution in [-0.2, 0) is 4.74 Å². The highest BCUT2D eigenvalue weighted by Gasteiger charge is 2.23. The predicted molar refractivity (Wildman–Crippen MR) is 101 cm³/mol. The maximum absolute atomic E-state index is 12.2. The summed E-state index contributed by atoms with van der Waals surface area (Å²) >= 11 is 0. The van der Waals surface area contributed by atoms with Gasteiger partial charge in [0, 0.05) is 23.8 Å². The molecule has 26 heavy (non-hydrogen) atoms.